The van der Waals surface area contributed by atoms with E-state index >= 15 is 0 Å². The molecule has 2 rings (SSSR count). The number of nitrogens with zero attached hydrogens (tertiary/aromatic N) is 2. The van der Waals surface area contributed by atoms with Gasteiger partial charge in [-0.25, -0.2) is 4.79 Å². The van der Waals surface area contributed by atoms with Gasteiger partial charge in [0.2, 0.25) is 5.91 Å². The molecule has 2 aromatic rings. The van der Waals surface area contributed by atoms with Gasteiger partial charge < -0.3 is 15.4 Å². The van der Waals surface area contributed by atoms with Gasteiger partial charge in [-0.1, -0.05) is 32.6 Å². The van der Waals surface area contributed by atoms with E-state index in [0.29, 0.717) is 15.9 Å². The van der Waals surface area contributed by atoms with Crippen LogP contribution in [0.3, 0.4) is 0 Å². The minimum absolute atomic E-state index is 0.0318. The van der Waals surface area contributed by atoms with E-state index in [0.717, 1.165) is 11.3 Å². The number of rotatable bonds is 8. The van der Waals surface area contributed by atoms with Crippen molar-refractivity contribution in [2.75, 3.05) is 17.2 Å². The minimum Gasteiger partial charge on any atom is -0.457 e. The minimum atomic E-state index is -0.807. The molecule has 0 aliphatic rings. The highest BCUT2D eigenvalue weighted by Gasteiger charge is 2.16. The third-order valence-electron chi connectivity index (χ3n) is 4.11. The van der Waals surface area contributed by atoms with Gasteiger partial charge >= 0.3 is 5.97 Å². The van der Waals surface area contributed by atoms with Crippen molar-refractivity contribution in [3.63, 3.8) is 0 Å². The van der Waals surface area contributed by atoms with E-state index in [2.05, 4.69) is 17.2 Å². The van der Waals surface area contributed by atoms with E-state index in [9.17, 15) is 19.6 Å². The Kier molecular flexibility index (Phi) is 8.34. The molecule has 162 valence electrons. The molecule has 0 bridgehead atoms. The molecule has 8 nitrogen and oxygen atoms in total. The van der Waals surface area contributed by atoms with Crippen molar-refractivity contribution in [1.29, 1.82) is 5.26 Å². The number of esters is 1. The number of nitriles is 1. The molecule has 0 fully saturated rings. The van der Waals surface area contributed by atoms with Crippen LogP contribution in [0.25, 0.3) is 11.8 Å². The lowest BCUT2D eigenvalue weighted by Crippen LogP contribution is -2.32. The fraction of sp³-hybridized carbons (Fsp3) is 0.273. The van der Waals surface area contributed by atoms with Crippen molar-refractivity contribution in [2.45, 2.75) is 27.3 Å². The number of hydrogen-bond donors (Lipinski definition) is 2. The normalized spacial score (nSPS) is 12.2. The Balaban J connectivity index is 2.43. The second-order valence-corrected chi connectivity index (χ2v) is 7.74. The first-order chi connectivity index (χ1) is 14.8. The number of carbonyl (C=O) groups is 2. The van der Waals surface area contributed by atoms with Gasteiger partial charge in [-0.2, -0.15) is 5.26 Å². The third-order valence-corrected chi connectivity index (χ3v) is 5.24. The van der Waals surface area contributed by atoms with Crippen LogP contribution in [-0.4, -0.2) is 23.1 Å². The van der Waals surface area contributed by atoms with Gasteiger partial charge in [0.1, 0.15) is 21.9 Å². The van der Waals surface area contributed by atoms with Crippen LogP contribution < -0.4 is 25.4 Å². The number of hydrogen-bond acceptors (Lipinski definition) is 7. The van der Waals surface area contributed by atoms with Crippen molar-refractivity contribution >= 4 is 46.4 Å². The summed E-state index contributed by atoms with van der Waals surface area (Å²) in [7, 11) is 0. The summed E-state index contributed by atoms with van der Waals surface area (Å²) in [5, 5.41) is 15.3. The zero-order chi connectivity index (χ0) is 23.0. The highest BCUT2D eigenvalue weighted by atomic mass is 32.1. The van der Waals surface area contributed by atoms with Crippen LogP contribution in [0, 0.1) is 17.2 Å². The molecule has 31 heavy (non-hydrogen) atoms. The highest BCUT2D eigenvalue weighted by Crippen LogP contribution is 2.15. The van der Waals surface area contributed by atoms with Gasteiger partial charge in [-0.3, -0.25) is 14.2 Å². The molecule has 0 radical (unpaired) electrons. The Morgan fingerprint density at radius 2 is 2.06 bits per heavy atom. The topological polar surface area (TPSA) is 113 Å². The first kappa shape index (κ1) is 23.6. The predicted molar refractivity (Wildman–Crippen MR) is 122 cm³/mol. The number of anilines is 2. The van der Waals surface area contributed by atoms with E-state index in [-0.39, 0.29) is 40.8 Å². The molecule has 0 saturated carbocycles. The smallest absolute Gasteiger partial charge is 0.352 e. The molecule has 0 aliphatic heterocycles. The zero-order valence-corrected chi connectivity index (χ0v) is 18.4. The maximum absolute atomic E-state index is 12.7. The lowest BCUT2D eigenvalue weighted by molar-refractivity contribution is -0.135. The molecule has 9 heteroatoms. The molecule has 0 saturated heterocycles. The maximum Gasteiger partial charge on any atom is 0.352 e. The Morgan fingerprint density at radius 3 is 2.68 bits per heavy atom. The van der Waals surface area contributed by atoms with E-state index in [1.807, 2.05) is 6.07 Å². The highest BCUT2D eigenvalue weighted by molar-refractivity contribution is 7.07. The third kappa shape index (κ3) is 5.93. The van der Waals surface area contributed by atoms with Gasteiger partial charge in [0.05, 0.1) is 0 Å². The van der Waals surface area contributed by atoms with Crippen molar-refractivity contribution in [1.82, 2.24) is 4.57 Å². The Morgan fingerprint density at radius 1 is 1.35 bits per heavy atom. The second kappa shape index (κ2) is 10.9. The Hall–Kier alpha value is -3.64. The van der Waals surface area contributed by atoms with Gasteiger partial charge in [0.15, 0.2) is 5.57 Å². The first-order valence-electron chi connectivity index (χ1n) is 9.62. The predicted octanol–water partition coefficient (Wildman–Crippen LogP) is 1.78. The maximum atomic E-state index is 12.7. The van der Waals surface area contributed by atoms with E-state index in [1.54, 1.807) is 45.0 Å². The molecular formula is C22H24N4O4S. The molecule has 0 unspecified atom stereocenters. The van der Waals surface area contributed by atoms with Crippen molar-refractivity contribution in [2.24, 2.45) is 5.92 Å². The van der Waals surface area contributed by atoms with Gasteiger partial charge in [-0.15, -0.1) is 11.3 Å². The van der Waals surface area contributed by atoms with Crippen LogP contribution in [0.2, 0.25) is 0 Å². The van der Waals surface area contributed by atoms with Gasteiger partial charge in [0.25, 0.3) is 5.56 Å². The summed E-state index contributed by atoms with van der Waals surface area (Å²) in [5.74, 6) is -1.05. The summed E-state index contributed by atoms with van der Waals surface area (Å²) in [4.78, 5) is 36.8. The van der Waals surface area contributed by atoms with Crippen LogP contribution in [0.1, 0.15) is 20.8 Å². The fourth-order valence-electron chi connectivity index (χ4n) is 2.50. The van der Waals surface area contributed by atoms with Crippen molar-refractivity contribution < 1.29 is 14.3 Å². The number of carbonyl (C=O) groups excluding carboxylic acids is 2. The fourth-order valence-corrected chi connectivity index (χ4v) is 3.58. The average Bonchev–Trinajstić information content (AvgIpc) is 3.06. The zero-order valence-electron chi connectivity index (χ0n) is 17.6. The van der Waals surface area contributed by atoms with Crippen molar-refractivity contribution in [3.05, 3.63) is 56.5 Å². The first-order valence-corrected chi connectivity index (χ1v) is 10.4. The van der Waals surface area contributed by atoms with E-state index in [4.69, 9.17) is 4.74 Å². The molecule has 1 heterocycles. The quantitative estimate of drug-likeness (QED) is 0.478. The number of amides is 1. The number of benzene rings is 1. The summed E-state index contributed by atoms with van der Waals surface area (Å²) in [6.07, 6.45) is 2.91. The van der Waals surface area contributed by atoms with Crippen LogP contribution in [0.4, 0.5) is 11.4 Å². The van der Waals surface area contributed by atoms with Crippen LogP contribution in [-0.2, 0) is 20.9 Å². The summed E-state index contributed by atoms with van der Waals surface area (Å²) in [6, 6.07) is 8.90. The largest absolute Gasteiger partial charge is 0.457 e. The summed E-state index contributed by atoms with van der Waals surface area (Å²) in [6.45, 7) is 9.08. The number of ether oxygens (including phenoxy) is 1. The standard InChI is InChI=1S/C22H24N4O4S/c1-5-10-30-22(29)17(12-23)21-26(6-2)20(28)18(31-21)13-24-15-8-7-9-16(11-15)25-19(27)14(3)4/h5,7-9,11,13-14,24H,1,6,10H2,2-4H3,(H,25,27). The SMILES string of the molecule is C=CCOC(=O)C(C#N)=c1sc(=CNc2cccc(NC(=O)C(C)C)c2)c(=O)n1CC. The van der Waals surface area contributed by atoms with Gasteiger partial charge in [0, 0.05) is 30.0 Å². The summed E-state index contributed by atoms with van der Waals surface area (Å²) in [5.41, 5.74) is 0.723. The van der Waals surface area contributed by atoms with Crippen molar-refractivity contribution in [3.8, 4) is 6.07 Å². The summed E-state index contributed by atoms with van der Waals surface area (Å²) >= 11 is 1.02. The lowest BCUT2D eigenvalue weighted by Gasteiger charge is -2.09. The lowest BCUT2D eigenvalue weighted by atomic mass is 10.2. The van der Waals surface area contributed by atoms with E-state index < -0.39 is 5.97 Å². The molecule has 0 aliphatic carbocycles. The molecular weight excluding hydrogens is 416 g/mol. The summed E-state index contributed by atoms with van der Waals surface area (Å²) < 4.78 is 6.85. The molecule has 0 spiro atoms. The molecule has 2 N–H and O–H groups in total. The number of thiazole rings is 1. The molecule has 1 aromatic carbocycles. The molecule has 0 atom stereocenters. The van der Waals surface area contributed by atoms with Crippen LogP contribution >= 0.6 is 11.3 Å². The molecule has 1 aromatic heterocycles. The average molecular weight is 441 g/mol. The monoisotopic (exact) mass is 440 g/mol. The Labute approximate surface area is 183 Å². The van der Waals surface area contributed by atoms with Gasteiger partial charge in [-0.05, 0) is 25.1 Å². The Bertz CT molecular complexity index is 1200. The van der Waals surface area contributed by atoms with Crippen LogP contribution in [0.15, 0.2) is 41.7 Å². The van der Waals surface area contributed by atoms with Crippen LogP contribution in [0.5, 0.6) is 0 Å². The molecule has 1 amide bonds. The van der Waals surface area contributed by atoms with E-state index in [1.165, 1.54) is 16.8 Å². The second-order valence-electron chi connectivity index (χ2n) is 6.71. The number of nitrogens with one attached hydrogen (secondary N) is 2. The number of aromatic nitrogens is 1.